The topological polar surface area (TPSA) is 0 Å². The number of rotatable bonds is 1. The Morgan fingerprint density at radius 3 is 1.61 bits per heavy atom. The van der Waals surface area contributed by atoms with Gasteiger partial charge in [-0.1, -0.05) is 84.9 Å². The van der Waals surface area contributed by atoms with Crippen molar-refractivity contribution in [2.75, 3.05) is 0 Å². The molecular weight excluding hydrogens is 392 g/mol. The molecule has 144 valence electrons. The summed E-state index contributed by atoms with van der Waals surface area (Å²) in [6.07, 6.45) is 0. The van der Waals surface area contributed by atoms with Crippen LogP contribution in [0.2, 0.25) is 0 Å². The van der Waals surface area contributed by atoms with Gasteiger partial charge in [0.05, 0.1) is 0 Å². The Morgan fingerprint density at radius 1 is 0.387 bits per heavy atom. The summed E-state index contributed by atoms with van der Waals surface area (Å²) in [6, 6.07) is 40.1. The van der Waals surface area contributed by atoms with Crippen LogP contribution in [0.5, 0.6) is 0 Å². The third-order valence-corrected chi connectivity index (χ3v) is 7.56. The Balaban J connectivity index is 1.52. The van der Waals surface area contributed by atoms with Gasteiger partial charge in [0.15, 0.2) is 0 Å². The monoisotopic (exact) mass is 410 g/mol. The SMILES string of the molecule is c1ccc2cc3sc(-c4ccc5c6ccccc6c6ccccc6c5c4)cc3cc2c1. The maximum Gasteiger partial charge on any atom is 0.0355 e. The molecule has 0 nitrogen and oxygen atoms in total. The molecule has 6 aromatic carbocycles. The van der Waals surface area contributed by atoms with Crippen LogP contribution in [0.3, 0.4) is 0 Å². The van der Waals surface area contributed by atoms with Gasteiger partial charge in [-0.25, -0.2) is 0 Å². The molecule has 0 fully saturated rings. The lowest BCUT2D eigenvalue weighted by Crippen LogP contribution is -1.83. The second-order valence-electron chi connectivity index (χ2n) is 8.20. The molecule has 0 aliphatic carbocycles. The van der Waals surface area contributed by atoms with Crippen LogP contribution in [0.1, 0.15) is 0 Å². The van der Waals surface area contributed by atoms with Gasteiger partial charge in [-0.05, 0) is 78.3 Å². The smallest absolute Gasteiger partial charge is 0.0355 e. The first-order chi connectivity index (χ1) is 15.3. The van der Waals surface area contributed by atoms with Crippen molar-refractivity contribution in [3.63, 3.8) is 0 Å². The van der Waals surface area contributed by atoms with Gasteiger partial charge < -0.3 is 0 Å². The Morgan fingerprint density at radius 2 is 0.935 bits per heavy atom. The summed E-state index contributed by atoms with van der Waals surface area (Å²) in [5.74, 6) is 0. The van der Waals surface area contributed by atoms with Gasteiger partial charge in [-0.15, -0.1) is 11.3 Å². The molecule has 0 spiro atoms. The average Bonchev–Trinajstić information content (AvgIpc) is 3.25. The number of hydrogen-bond donors (Lipinski definition) is 0. The maximum atomic E-state index is 2.38. The van der Waals surface area contributed by atoms with E-state index < -0.39 is 0 Å². The van der Waals surface area contributed by atoms with Gasteiger partial charge in [-0.2, -0.15) is 0 Å². The van der Waals surface area contributed by atoms with Crippen LogP contribution in [0, 0.1) is 0 Å². The van der Waals surface area contributed by atoms with E-state index in [2.05, 4.69) is 109 Å². The summed E-state index contributed by atoms with van der Waals surface area (Å²) in [5, 5.41) is 11.9. The molecule has 1 aromatic heterocycles. The van der Waals surface area contributed by atoms with Crippen molar-refractivity contribution in [1.82, 2.24) is 0 Å². The van der Waals surface area contributed by atoms with Crippen molar-refractivity contribution in [3.05, 3.63) is 109 Å². The van der Waals surface area contributed by atoms with Crippen LogP contribution < -0.4 is 0 Å². The first kappa shape index (κ1) is 17.0. The number of thiophene rings is 1. The van der Waals surface area contributed by atoms with Crippen molar-refractivity contribution in [2.45, 2.75) is 0 Å². The molecule has 0 aliphatic rings. The Hall–Kier alpha value is -3.68. The standard InChI is InChI=1S/C30H18S/c1-2-8-20-17-30-22(15-19(20)7-1)18-29(31-30)21-13-14-27-25-11-4-3-9-23(25)24-10-5-6-12-26(24)28(27)16-21/h1-18H. The maximum absolute atomic E-state index is 2.38. The van der Waals surface area contributed by atoms with E-state index in [1.807, 2.05) is 11.3 Å². The minimum absolute atomic E-state index is 1.29. The van der Waals surface area contributed by atoms with Crippen molar-refractivity contribution >= 4 is 64.5 Å². The quantitative estimate of drug-likeness (QED) is 0.237. The van der Waals surface area contributed by atoms with E-state index in [0.29, 0.717) is 0 Å². The molecule has 0 aliphatic heterocycles. The first-order valence-electron chi connectivity index (χ1n) is 10.6. The molecule has 7 rings (SSSR count). The van der Waals surface area contributed by atoms with Crippen LogP contribution in [-0.4, -0.2) is 0 Å². The molecule has 31 heavy (non-hydrogen) atoms. The van der Waals surface area contributed by atoms with Gasteiger partial charge in [0.1, 0.15) is 0 Å². The molecule has 0 amide bonds. The van der Waals surface area contributed by atoms with E-state index in [9.17, 15) is 0 Å². The van der Waals surface area contributed by atoms with Crippen molar-refractivity contribution in [3.8, 4) is 10.4 Å². The summed E-state index contributed by atoms with van der Waals surface area (Å²) in [7, 11) is 0. The average molecular weight is 411 g/mol. The van der Waals surface area contributed by atoms with Gasteiger partial charge in [-0.3, -0.25) is 0 Å². The summed E-state index contributed by atoms with van der Waals surface area (Å²) in [5.41, 5.74) is 1.29. The highest BCUT2D eigenvalue weighted by Crippen LogP contribution is 2.40. The van der Waals surface area contributed by atoms with Crippen LogP contribution in [-0.2, 0) is 0 Å². The zero-order valence-corrected chi connectivity index (χ0v) is 17.6. The molecule has 1 heteroatoms. The molecule has 0 saturated heterocycles. The second-order valence-corrected chi connectivity index (χ2v) is 9.28. The molecule has 0 radical (unpaired) electrons. The third-order valence-electron chi connectivity index (χ3n) is 6.41. The lowest BCUT2D eigenvalue weighted by atomic mass is 9.93. The largest absolute Gasteiger partial charge is 0.135 e. The Kier molecular flexibility index (Phi) is 3.52. The van der Waals surface area contributed by atoms with Crippen LogP contribution in [0.15, 0.2) is 109 Å². The zero-order chi connectivity index (χ0) is 20.4. The van der Waals surface area contributed by atoms with E-state index in [4.69, 9.17) is 0 Å². The number of fused-ring (bicyclic) bond motifs is 8. The van der Waals surface area contributed by atoms with Gasteiger partial charge >= 0.3 is 0 Å². The van der Waals surface area contributed by atoms with Crippen LogP contribution in [0.4, 0.5) is 0 Å². The number of benzene rings is 6. The fourth-order valence-electron chi connectivity index (χ4n) is 4.93. The summed E-state index contributed by atoms with van der Waals surface area (Å²) in [4.78, 5) is 1.32. The molecule has 7 aromatic rings. The fourth-order valence-corrected chi connectivity index (χ4v) is 6.02. The van der Waals surface area contributed by atoms with Gasteiger partial charge in [0.25, 0.3) is 0 Å². The predicted octanol–water partition coefficient (Wildman–Crippen LogP) is 9.18. The summed E-state index contributed by atoms with van der Waals surface area (Å²) >= 11 is 1.88. The highest BCUT2D eigenvalue weighted by Gasteiger charge is 2.11. The van der Waals surface area contributed by atoms with Gasteiger partial charge in [0, 0.05) is 9.58 Å². The van der Waals surface area contributed by atoms with E-state index >= 15 is 0 Å². The fraction of sp³-hybridized carbons (Fsp3) is 0. The van der Waals surface area contributed by atoms with Gasteiger partial charge in [0.2, 0.25) is 0 Å². The van der Waals surface area contributed by atoms with Crippen molar-refractivity contribution in [2.24, 2.45) is 0 Å². The molecule has 1 heterocycles. The molecule has 0 bridgehead atoms. The molecule has 0 atom stereocenters. The number of hydrogen-bond acceptors (Lipinski definition) is 1. The van der Waals surface area contributed by atoms with Crippen LogP contribution in [0.25, 0.3) is 63.6 Å². The third kappa shape index (κ3) is 2.54. The summed E-state index contributed by atoms with van der Waals surface area (Å²) < 4.78 is 1.34. The molecule has 0 saturated carbocycles. The highest BCUT2D eigenvalue weighted by molar-refractivity contribution is 7.22. The van der Waals surface area contributed by atoms with E-state index in [-0.39, 0.29) is 0 Å². The predicted molar refractivity (Wildman–Crippen MR) is 137 cm³/mol. The van der Waals surface area contributed by atoms with E-state index in [1.165, 1.54) is 63.6 Å². The summed E-state index contributed by atoms with van der Waals surface area (Å²) in [6.45, 7) is 0. The Bertz CT molecular complexity index is 1700. The minimum atomic E-state index is 1.29. The molecule has 0 unspecified atom stereocenters. The van der Waals surface area contributed by atoms with Crippen molar-refractivity contribution in [1.29, 1.82) is 0 Å². The van der Waals surface area contributed by atoms with Crippen LogP contribution >= 0.6 is 11.3 Å². The second kappa shape index (κ2) is 6.41. The lowest BCUT2D eigenvalue weighted by molar-refractivity contribution is 1.76. The molecule has 0 N–H and O–H groups in total. The molecular formula is C30H18S. The minimum Gasteiger partial charge on any atom is -0.135 e. The highest BCUT2D eigenvalue weighted by atomic mass is 32.1. The first-order valence-corrected chi connectivity index (χ1v) is 11.4. The Labute approximate surface area is 184 Å². The van der Waals surface area contributed by atoms with Crippen molar-refractivity contribution < 1.29 is 0 Å². The van der Waals surface area contributed by atoms with E-state index in [1.54, 1.807) is 0 Å². The van der Waals surface area contributed by atoms with E-state index in [0.717, 1.165) is 0 Å². The lowest BCUT2D eigenvalue weighted by Gasteiger charge is -2.11. The normalized spacial score (nSPS) is 11.9. The zero-order valence-electron chi connectivity index (χ0n) is 16.8.